The maximum atomic E-state index is 15.2. The van der Waals surface area contributed by atoms with Gasteiger partial charge in [-0.15, -0.1) is 0 Å². The number of primary sulfonamides is 1. The average molecular weight is 623 g/mol. The largest absolute Gasteiger partial charge is 0.475 e. The van der Waals surface area contributed by atoms with E-state index in [1.807, 2.05) is 11.9 Å². The molecule has 0 saturated carbocycles. The molecule has 2 aromatic rings. The van der Waals surface area contributed by atoms with Gasteiger partial charge in [-0.05, 0) is 51.1 Å². The van der Waals surface area contributed by atoms with Crippen molar-refractivity contribution in [1.29, 1.82) is 10.5 Å². The molecule has 2 fully saturated rings. The SMILES string of the molecule is C=CC(=O)N1CCN(c2c(C#N)c(OCC3CCCN3C)nc3c2CCN(c2c(F)cccc2S(N)(=O)=O)C3)CC1CC#N. The first kappa shape index (κ1) is 31.2. The molecule has 1 aromatic heterocycles. The molecule has 2 unspecified atom stereocenters. The summed E-state index contributed by atoms with van der Waals surface area (Å²) < 4.78 is 46.1. The van der Waals surface area contributed by atoms with Gasteiger partial charge in [-0.1, -0.05) is 12.6 Å². The summed E-state index contributed by atoms with van der Waals surface area (Å²) >= 11 is 0. The van der Waals surface area contributed by atoms with E-state index in [-0.39, 0.29) is 53.5 Å². The molecule has 232 valence electrons. The summed E-state index contributed by atoms with van der Waals surface area (Å²) in [4.78, 5) is 24.4. The van der Waals surface area contributed by atoms with Crippen LogP contribution in [0.25, 0.3) is 0 Å². The lowest BCUT2D eigenvalue weighted by molar-refractivity contribution is -0.128. The zero-order valence-electron chi connectivity index (χ0n) is 24.6. The van der Waals surface area contributed by atoms with Crippen molar-refractivity contribution in [2.24, 2.45) is 5.14 Å². The normalized spacial score (nSPS) is 20.5. The Morgan fingerprint density at radius 1 is 1.20 bits per heavy atom. The van der Waals surface area contributed by atoms with E-state index in [1.54, 1.807) is 9.80 Å². The zero-order chi connectivity index (χ0) is 31.6. The van der Waals surface area contributed by atoms with Crippen molar-refractivity contribution in [3.63, 3.8) is 0 Å². The fourth-order valence-electron chi connectivity index (χ4n) is 6.42. The van der Waals surface area contributed by atoms with E-state index in [1.165, 1.54) is 24.3 Å². The standard InChI is InChI=1S/C30H35FN8O4S/c1-3-27(40)39-15-14-38(17-20(39)9-11-32)28-22-10-13-37(29-24(31)7-4-8-26(29)44(34,41)42)18-25(22)35-30(23(28)16-33)43-19-21-6-5-12-36(21)2/h3-4,7-8,20-21H,1,5-6,9-10,12-15,17-19H2,2H3,(H2,34,41,42). The summed E-state index contributed by atoms with van der Waals surface area (Å²) in [6.45, 7) is 6.15. The second-order valence-corrected chi connectivity index (χ2v) is 12.8. The van der Waals surface area contributed by atoms with Crippen molar-refractivity contribution in [3.05, 3.63) is 53.5 Å². The van der Waals surface area contributed by atoms with Gasteiger partial charge < -0.3 is 24.3 Å². The molecule has 2 atom stereocenters. The van der Waals surface area contributed by atoms with Gasteiger partial charge in [0.2, 0.25) is 21.8 Å². The average Bonchev–Trinajstić information content (AvgIpc) is 3.42. The van der Waals surface area contributed by atoms with Gasteiger partial charge >= 0.3 is 0 Å². The molecule has 5 rings (SSSR count). The maximum Gasteiger partial charge on any atom is 0.246 e. The topological polar surface area (TPSA) is 160 Å². The van der Waals surface area contributed by atoms with Gasteiger partial charge in [0.25, 0.3) is 0 Å². The molecule has 12 nitrogen and oxygen atoms in total. The Labute approximate surface area is 256 Å². The highest BCUT2D eigenvalue weighted by atomic mass is 32.2. The van der Waals surface area contributed by atoms with Crippen molar-refractivity contribution in [3.8, 4) is 18.0 Å². The molecule has 1 amide bonds. The van der Waals surface area contributed by atoms with Crippen LogP contribution in [0.3, 0.4) is 0 Å². The Balaban J connectivity index is 1.58. The van der Waals surface area contributed by atoms with Crippen LogP contribution in [0.4, 0.5) is 15.8 Å². The molecular formula is C30H35FN8O4S. The van der Waals surface area contributed by atoms with Crippen LogP contribution in [0.15, 0.2) is 35.7 Å². The number of nitrogens with zero attached hydrogens (tertiary/aromatic N) is 7. The number of aromatic nitrogens is 1. The van der Waals surface area contributed by atoms with Crippen LogP contribution in [0, 0.1) is 28.5 Å². The minimum Gasteiger partial charge on any atom is -0.475 e. The Bertz CT molecular complexity index is 1650. The van der Waals surface area contributed by atoms with Crippen LogP contribution in [0.5, 0.6) is 5.88 Å². The number of ether oxygens (including phenoxy) is 1. The molecular weight excluding hydrogens is 587 g/mol. The fourth-order valence-corrected chi connectivity index (χ4v) is 7.19. The number of piperazine rings is 1. The van der Waals surface area contributed by atoms with Gasteiger partial charge in [0, 0.05) is 37.8 Å². The number of sulfonamides is 1. The number of likely N-dealkylation sites (N-methyl/N-ethyl adjacent to an activating group) is 1. The van der Waals surface area contributed by atoms with E-state index in [0.717, 1.165) is 24.9 Å². The number of amides is 1. The number of hydrogen-bond acceptors (Lipinski definition) is 10. The number of carbonyl (C=O) groups excluding carboxylic acids is 1. The molecule has 44 heavy (non-hydrogen) atoms. The van der Waals surface area contributed by atoms with E-state index in [0.29, 0.717) is 44.0 Å². The number of carbonyl (C=O) groups is 1. The number of anilines is 2. The third-order valence-electron chi connectivity index (χ3n) is 8.65. The van der Waals surface area contributed by atoms with Gasteiger partial charge in [0.05, 0.1) is 42.1 Å². The minimum absolute atomic E-state index is 0.0493. The highest BCUT2D eigenvalue weighted by molar-refractivity contribution is 7.89. The molecule has 3 aliphatic rings. The predicted octanol–water partition coefficient (Wildman–Crippen LogP) is 1.89. The smallest absolute Gasteiger partial charge is 0.246 e. The number of pyridine rings is 1. The number of likely N-dealkylation sites (tertiary alicyclic amines) is 1. The highest BCUT2D eigenvalue weighted by Crippen LogP contribution is 2.40. The number of para-hydroxylation sites is 1. The van der Waals surface area contributed by atoms with E-state index in [9.17, 15) is 23.7 Å². The van der Waals surface area contributed by atoms with Gasteiger partial charge in [0.1, 0.15) is 29.0 Å². The van der Waals surface area contributed by atoms with Gasteiger partial charge in [-0.2, -0.15) is 10.5 Å². The second-order valence-electron chi connectivity index (χ2n) is 11.3. The van der Waals surface area contributed by atoms with E-state index in [2.05, 4.69) is 23.6 Å². The zero-order valence-corrected chi connectivity index (χ0v) is 25.4. The van der Waals surface area contributed by atoms with Crippen LogP contribution in [-0.2, 0) is 27.8 Å². The quantitative estimate of drug-likeness (QED) is 0.431. The highest BCUT2D eigenvalue weighted by Gasteiger charge is 2.36. The van der Waals surface area contributed by atoms with Crippen LogP contribution < -0.4 is 19.7 Å². The third-order valence-corrected chi connectivity index (χ3v) is 9.59. The molecule has 0 radical (unpaired) electrons. The molecule has 1 aromatic carbocycles. The monoisotopic (exact) mass is 622 g/mol. The summed E-state index contributed by atoms with van der Waals surface area (Å²) in [6, 6.07) is 7.94. The number of halogens is 1. The van der Waals surface area contributed by atoms with Gasteiger partial charge in [0.15, 0.2) is 0 Å². The first-order chi connectivity index (χ1) is 21.1. The maximum absolute atomic E-state index is 15.2. The van der Waals surface area contributed by atoms with Crippen molar-refractivity contribution >= 4 is 27.3 Å². The number of nitrogens with two attached hydrogens (primary N) is 1. The Morgan fingerprint density at radius 2 is 2.00 bits per heavy atom. The number of fused-ring (bicyclic) bond motifs is 1. The number of hydrogen-bond donors (Lipinski definition) is 1. The molecule has 0 spiro atoms. The van der Waals surface area contributed by atoms with Crippen molar-refractivity contribution in [2.45, 2.75) is 49.2 Å². The predicted molar refractivity (Wildman–Crippen MR) is 161 cm³/mol. The van der Waals surface area contributed by atoms with E-state index >= 15 is 4.39 Å². The Hall–Kier alpha value is -4.24. The van der Waals surface area contributed by atoms with Gasteiger partial charge in [-0.3, -0.25) is 4.79 Å². The summed E-state index contributed by atoms with van der Waals surface area (Å²) in [5, 5.41) is 25.4. The molecule has 0 bridgehead atoms. The fraction of sp³-hybridized carbons (Fsp3) is 0.467. The van der Waals surface area contributed by atoms with Crippen LogP contribution in [0.1, 0.15) is 36.1 Å². The van der Waals surface area contributed by atoms with Crippen LogP contribution in [-0.4, -0.2) is 87.6 Å². The van der Waals surface area contributed by atoms with Gasteiger partial charge in [-0.25, -0.2) is 22.9 Å². The second kappa shape index (κ2) is 12.8. The first-order valence-electron chi connectivity index (χ1n) is 14.5. The molecule has 4 heterocycles. The molecule has 3 aliphatic heterocycles. The molecule has 2 N–H and O–H groups in total. The lowest BCUT2D eigenvalue weighted by Crippen LogP contribution is -2.55. The van der Waals surface area contributed by atoms with Crippen LogP contribution in [0.2, 0.25) is 0 Å². The molecule has 14 heteroatoms. The molecule has 0 aliphatic carbocycles. The Kier molecular flexibility index (Phi) is 9.06. The summed E-state index contributed by atoms with van der Waals surface area (Å²) in [7, 11) is -2.20. The van der Waals surface area contributed by atoms with Crippen molar-refractivity contribution in [1.82, 2.24) is 14.8 Å². The van der Waals surface area contributed by atoms with Crippen molar-refractivity contribution < 1.29 is 22.3 Å². The first-order valence-corrected chi connectivity index (χ1v) is 16.0. The minimum atomic E-state index is -4.22. The number of benzene rings is 1. The van der Waals surface area contributed by atoms with Crippen molar-refractivity contribution in [2.75, 3.05) is 56.2 Å². The van der Waals surface area contributed by atoms with Crippen LogP contribution >= 0.6 is 0 Å². The summed E-state index contributed by atoms with van der Waals surface area (Å²) in [5.41, 5.74) is 2.02. The third kappa shape index (κ3) is 6.06. The van der Waals surface area contributed by atoms with E-state index < -0.39 is 21.9 Å². The number of nitriles is 2. The van der Waals surface area contributed by atoms with E-state index in [4.69, 9.17) is 14.9 Å². The number of rotatable bonds is 8. The summed E-state index contributed by atoms with van der Waals surface area (Å²) in [6.07, 6.45) is 3.64. The molecule has 2 saturated heterocycles. The summed E-state index contributed by atoms with van der Waals surface area (Å²) in [5.74, 6) is -0.847. The Morgan fingerprint density at radius 3 is 2.66 bits per heavy atom. The lowest BCUT2D eigenvalue weighted by Gasteiger charge is -2.43. The lowest BCUT2D eigenvalue weighted by atomic mass is 9.96.